The predicted octanol–water partition coefficient (Wildman–Crippen LogP) is 3.52. The number of thiazole rings is 1. The first-order valence-corrected chi connectivity index (χ1v) is 8.15. The van der Waals surface area contributed by atoms with Gasteiger partial charge in [-0.1, -0.05) is 6.07 Å². The van der Waals surface area contributed by atoms with Gasteiger partial charge >= 0.3 is 0 Å². The van der Waals surface area contributed by atoms with Crippen LogP contribution in [0.3, 0.4) is 0 Å². The lowest BCUT2D eigenvalue weighted by molar-refractivity contribution is 0.0667. The molecule has 1 atom stereocenters. The maximum absolute atomic E-state index is 13.8. The van der Waals surface area contributed by atoms with Gasteiger partial charge in [0.2, 0.25) is 0 Å². The smallest absolute Gasteiger partial charge is 0.256 e. The first-order valence-electron chi connectivity index (χ1n) is 7.27. The van der Waals surface area contributed by atoms with Crippen molar-refractivity contribution in [1.82, 2.24) is 9.88 Å². The number of rotatable bonds is 3. The third-order valence-electron chi connectivity index (χ3n) is 3.93. The van der Waals surface area contributed by atoms with Crippen LogP contribution < -0.4 is 0 Å². The Labute approximate surface area is 131 Å². The number of amides is 1. The standard InChI is InChI=1S/C16H16F2N2OS/c17-13-5-1-4-12(15(13)18)16(21)20-7-2-3-11(10-20)9-14-19-6-8-22-14/h1,4-6,8,11H,2-3,7,9-10H2. The lowest BCUT2D eigenvalue weighted by Gasteiger charge is -2.32. The molecule has 1 amide bonds. The molecule has 2 heterocycles. The number of carbonyl (C=O) groups excluding carboxylic acids is 1. The fourth-order valence-electron chi connectivity index (χ4n) is 2.86. The second-order valence-corrected chi connectivity index (χ2v) is 6.47. The van der Waals surface area contributed by atoms with E-state index >= 15 is 0 Å². The summed E-state index contributed by atoms with van der Waals surface area (Å²) in [4.78, 5) is 18.3. The quantitative estimate of drug-likeness (QED) is 0.866. The number of aromatic nitrogens is 1. The molecule has 0 radical (unpaired) electrons. The van der Waals surface area contributed by atoms with Gasteiger partial charge < -0.3 is 4.90 Å². The van der Waals surface area contributed by atoms with Crippen LogP contribution in [0.1, 0.15) is 28.2 Å². The summed E-state index contributed by atoms with van der Waals surface area (Å²) in [7, 11) is 0. The molecule has 1 saturated heterocycles. The zero-order chi connectivity index (χ0) is 15.5. The van der Waals surface area contributed by atoms with Crippen molar-refractivity contribution in [2.45, 2.75) is 19.3 Å². The summed E-state index contributed by atoms with van der Waals surface area (Å²) < 4.78 is 27.1. The Balaban J connectivity index is 1.71. The molecule has 1 aliphatic heterocycles. The molecule has 3 nitrogen and oxygen atoms in total. The van der Waals surface area contributed by atoms with Crippen LogP contribution in [0, 0.1) is 17.6 Å². The minimum absolute atomic E-state index is 0.185. The van der Waals surface area contributed by atoms with Gasteiger partial charge in [0, 0.05) is 31.1 Å². The molecule has 3 rings (SSSR count). The van der Waals surface area contributed by atoms with Gasteiger partial charge in [-0.2, -0.15) is 0 Å². The molecule has 0 bridgehead atoms. The highest BCUT2D eigenvalue weighted by molar-refractivity contribution is 7.09. The van der Waals surface area contributed by atoms with Gasteiger partial charge in [-0.3, -0.25) is 4.79 Å². The monoisotopic (exact) mass is 322 g/mol. The fourth-order valence-corrected chi connectivity index (χ4v) is 3.59. The van der Waals surface area contributed by atoms with E-state index in [1.54, 1.807) is 22.4 Å². The van der Waals surface area contributed by atoms with Gasteiger partial charge in [0.15, 0.2) is 11.6 Å². The molecule has 116 valence electrons. The highest BCUT2D eigenvalue weighted by Crippen LogP contribution is 2.24. The summed E-state index contributed by atoms with van der Waals surface area (Å²) in [6.45, 7) is 1.15. The van der Waals surface area contributed by atoms with Crippen LogP contribution in [-0.2, 0) is 6.42 Å². The molecular formula is C16H16F2N2OS. The first kappa shape index (κ1) is 15.1. The van der Waals surface area contributed by atoms with E-state index in [9.17, 15) is 13.6 Å². The van der Waals surface area contributed by atoms with E-state index < -0.39 is 17.5 Å². The van der Waals surface area contributed by atoms with Gasteiger partial charge in [-0.15, -0.1) is 11.3 Å². The average Bonchev–Trinajstić information content (AvgIpc) is 3.02. The highest BCUT2D eigenvalue weighted by Gasteiger charge is 2.27. The molecule has 1 aliphatic rings. The number of likely N-dealkylation sites (tertiary alicyclic amines) is 1. The lowest BCUT2D eigenvalue weighted by Crippen LogP contribution is -2.40. The Bertz CT molecular complexity index is 660. The Morgan fingerprint density at radius 3 is 3.05 bits per heavy atom. The Morgan fingerprint density at radius 1 is 1.41 bits per heavy atom. The molecule has 22 heavy (non-hydrogen) atoms. The number of nitrogens with zero attached hydrogens (tertiary/aromatic N) is 2. The maximum Gasteiger partial charge on any atom is 0.256 e. The van der Waals surface area contributed by atoms with Gasteiger partial charge in [0.1, 0.15) is 0 Å². The van der Waals surface area contributed by atoms with Crippen LogP contribution >= 0.6 is 11.3 Å². The average molecular weight is 322 g/mol. The normalized spacial score (nSPS) is 18.5. The Morgan fingerprint density at radius 2 is 2.27 bits per heavy atom. The van der Waals surface area contributed by atoms with Gasteiger partial charge in [-0.05, 0) is 30.9 Å². The number of halogens is 2. The minimum atomic E-state index is -1.06. The van der Waals surface area contributed by atoms with E-state index in [2.05, 4.69) is 4.98 Å². The molecule has 0 aliphatic carbocycles. The van der Waals surface area contributed by atoms with Gasteiger partial charge in [0.25, 0.3) is 5.91 Å². The molecule has 0 N–H and O–H groups in total. The SMILES string of the molecule is O=C(c1cccc(F)c1F)N1CCCC(Cc2nccs2)C1. The second kappa shape index (κ2) is 6.52. The number of benzene rings is 1. The van der Waals surface area contributed by atoms with Gasteiger partial charge in [-0.25, -0.2) is 13.8 Å². The van der Waals surface area contributed by atoms with Crippen LogP contribution in [0.4, 0.5) is 8.78 Å². The molecule has 2 aromatic rings. The highest BCUT2D eigenvalue weighted by atomic mass is 32.1. The van der Waals surface area contributed by atoms with Crippen LogP contribution in [0.25, 0.3) is 0 Å². The summed E-state index contributed by atoms with van der Waals surface area (Å²) >= 11 is 1.60. The molecular weight excluding hydrogens is 306 g/mol. The number of hydrogen-bond acceptors (Lipinski definition) is 3. The molecule has 1 unspecified atom stereocenters. The van der Waals surface area contributed by atoms with Crippen molar-refractivity contribution in [3.63, 3.8) is 0 Å². The molecule has 1 fully saturated rings. The van der Waals surface area contributed by atoms with Crippen LogP contribution in [0.2, 0.25) is 0 Å². The molecule has 1 aromatic heterocycles. The van der Waals surface area contributed by atoms with Gasteiger partial charge in [0.05, 0.1) is 10.6 Å². The van der Waals surface area contributed by atoms with E-state index in [1.807, 2.05) is 5.38 Å². The minimum Gasteiger partial charge on any atom is -0.338 e. The van der Waals surface area contributed by atoms with E-state index in [0.29, 0.717) is 19.0 Å². The summed E-state index contributed by atoms with van der Waals surface area (Å²) in [5.74, 6) is -2.15. The van der Waals surface area contributed by atoms with Crippen LogP contribution in [-0.4, -0.2) is 28.9 Å². The molecule has 0 spiro atoms. The van der Waals surface area contributed by atoms with Crippen molar-refractivity contribution in [3.8, 4) is 0 Å². The second-order valence-electron chi connectivity index (χ2n) is 5.49. The topological polar surface area (TPSA) is 33.2 Å². The van der Waals surface area contributed by atoms with Crippen molar-refractivity contribution in [3.05, 3.63) is 52.0 Å². The van der Waals surface area contributed by atoms with Crippen LogP contribution in [0.15, 0.2) is 29.8 Å². The summed E-state index contributed by atoms with van der Waals surface area (Å²) in [5, 5.41) is 2.99. The number of hydrogen-bond donors (Lipinski definition) is 0. The van der Waals surface area contributed by atoms with Crippen molar-refractivity contribution in [2.24, 2.45) is 5.92 Å². The zero-order valence-electron chi connectivity index (χ0n) is 12.0. The van der Waals surface area contributed by atoms with E-state index in [1.165, 1.54) is 12.1 Å². The van der Waals surface area contributed by atoms with Crippen molar-refractivity contribution in [2.75, 3.05) is 13.1 Å². The Kier molecular flexibility index (Phi) is 4.47. The first-order chi connectivity index (χ1) is 10.6. The summed E-state index contributed by atoms with van der Waals surface area (Å²) in [6.07, 6.45) is 4.49. The van der Waals surface area contributed by atoms with Crippen molar-refractivity contribution in [1.29, 1.82) is 0 Å². The van der Waals surface area contributed by atoms with Crippen molar-refractivity contribution >= 4 is 17.2 Å². The fraction of sp³-hybridized carbons (Fsp3) is 0.375. The third kappa shape index (κ3) is 3.16. The third-order valence-corrected chi connectivity index (χ3v) is 4.74. The summed E-state index contributed by atoms with van der Waals surface area (Å²) in [6, 6.07) is 3.72. The maximum atomic E-state index is 13.8. The van der Waals surface area contributed by atoms with E-state index in [0.717, 1.165) is 30.3 Å². The predicted molar refractivity (Wildman–Crippen MR) is 80.8 cm³/mol. The zero-order valence-corrected chi connectivity index (χ0v) is 12.8. The van der Waals surface area contributed by atoms with Crippen LogP contribution in [0.5, 0.6) is 0 Å². The molecule has 1 aromatic carbocycles. The lowest BCUT2D eigenvalue weighted by atomic mass is 9.94. The summed E-state index contributed by atoms with van der Waals surface area (Å²) in [5.41, 5.74) is -0.185. The van der Waals surface area contributed by atoms with E-state index in [-0.39, 0.29) is 5.56 Å². The Hall–Kier alpha value is -1.82. The van der Waals surface area contributed by atoms with Crippen molar-refractivity contribution < 1.29 is 13.6 Å². The molecule has 6 heteroatoms. The largest absolute Gasteiger partial charge is 0.338 e. The molecule has 0 saturated carbocycles. The van der Waals surface area contributed by atoms with E-state index in [4.69, 9.17) is 0 Å². The number of piperidine rings is 1. The number of carbonyl (C=O) groups is 1.